The second kappa shape index (κ2) is 8.66. The number of rotatable bonds is 5. The molecule has 0 bridgehead atoms. The molecule has 154 valence electrons. The van der Waals surface area contributed by atoms with Gasteiger partial charge in [-0.05, 0) is 37.7 Å². The van der Waals surface area contributed by atoms with Crippen LogP contribution in [0.4, 0.5) is 0 Å². The van der Waals surface area contributed by atoms with E-state index in [0.717, 1.165) is 61.6 Å². The zero-order chi connectivity index (χ0) is 20.2. The number of allylic oxidation sites excluding steroid dienone is 3. The van der Waals surface area contributed by atoms with Crippen molar-refractivity contribution in [2.24, 2.45) is 0 Å². The molecule has 1 N–H and O–H groups in total. The summed E-state index contributed by atoms with van der Waals surface area (Å²) in [6.07, 6.45) is 8.68. The van der Waals surface area contributed by atoms with E-state index in [-0.39, 0.29) is 1.43 Å². The molecule has 0 atom stereocenters. The normalized spacial score (nSPS) is 18.4. The number of nitrogens with zero attached hydrogens (tertiary/aromatic N) is 4. The van der Waals surface area contributed by atoms with E-state index >= 15 is 0 Å². The van der Waals surface area contributed by atoms with Gasteiger partial charge in [-0.1, -0.05) is 17.7 Å². The van der Waals surface area contributed by atoms with E-state index in [0.29, 0.717) is 0 Å². The van der Waals surface area contributed by atoms with Crippen molar-refractivity contribution in [1.82, 2.24) is 25.1 Å². The molecule has 6 heteroatoms. The Kier molecular flexibility index (Phi) is 5.81. The van der Waals surface area contributed by atoms with Gasteiger partial charge >= 0.3 is 0 Å². The van der Waals surface area contributed by atoms with Crippen molar-refractivity contribution in [3.8, 4) is 0 Å². The van der Waals surface area contributed by atoms with Crippen molar-refractivity contribution in [2.75, 3.05) is 40.3 Å². The van der Waals surface area contributed by atoms with Crippen LogP contribution in [0.25, 0.3) is 11.0 Å². The van der Waals surface area contributed by atoms with Crippen LogP contribution in [0.5, 0.6) is 0 Å². The number of methoxy groups -OCH3 is 1. The predicted octanol–water partition coefficient (Wildman–Crippen LogP) is 3.30. The Bertz CT molecular complexity index is 976. The van der Waals surface area contributed by atoms with Crippen LogP contribution in [-0.2, 0) is 11.3 Å². The summed E-state index contributed by atoms with van der Waals surface area (Å²) in [6, 6.07) is 6.24. The standard InChI is InChI=1S/C23H29N5O.H2/c1-17-4-6-20(23(22(14-17)29-3)28-12-10-27(2)11-13-28)26-16-18-5-7-19-21(15-18)25-9-8-24-19;/h4-9,15,26H,10-14,16H2,1-3H3;1H. The monoisotopic (exact) mass is 393 g/mol. The molecule has 2 aromatic rings. The van der Waals surface area contributed by atoms with Gasteiger partial charge in [0.1, 0.15) is 5.76 Å². The Hall–Kier alpha value is -2.86. The first-order valence-electron chi connectivity index (χ1n) is 10.2. The fraction of sp³-hybridized carbons (Fsp3) is 0.391. The molecule has 1 fully saturated rings. The topological polar surface area (TPSA) is 53.5 Å². The molecule has 1 saturated heterocycles. The molecule has 0 radical (unpaired) electrons. The molecular formula is C23H31N5O. The van der Waals surface area contributed by atoms with E-state index in [1.807, 2.05) is 6.07 Å². The maximum Gasteiger partial charge on any atom is 0.125 e. The van der Waals surface area contributed by atoms with Crippen molar-refractivity contribution in [2.45, 2.75) is 19.9 Å². The zero-order valence-corrected chi connectivity index (χ0v) is 17.5. The molecule has 0 unspecified atom stereocenters. The largest absolute Gasteiger partial charge is 0.499 e. The molecule has 2 heterocycles. The number of aromatic nitrogens is 2. The predicted molar refractivity (Wildman–Crippen MR) is 118 cm³/mol. The van der Waals surface area contributed by atoms with Gasteiger partial charge in [0, 0.05) is 53.0 Å². The minimum Gasteiger partial charge on any atom is -0.499 e. The van der Waals surface area contributed by atoms with Crippen LogP contribution in [0.1, 0.15) is 20.3 Å². The lowest BCUT2D eigenvalue weighted by atomic mass is 10.1. The average Bonchev–Trinajstić information content (AvgIpc) is 2.91. The maximum atomic E-state index is 5.86. The number of hydrogen-bond donors (Lipinski definition) is 1. The van der Waals surface area contributed by atoms with Gasteiger partial charge in [0.25, 0.3) is 0 Å². The first-order chi connectivity index (χ1) is 14.1. The minimum atomic E-state index is 0. The number of hydrogen-bond acceptors (Lipinski definition) is 6. The highest BCUT2D eigenvalue weighted by molar-refractivity contribution is 5.74. The summed E-state index contributed by atoms with van der Waals surface area (Å²) < 4.78 is 5.86. The van der Waals surface area contributed by atoms with Gasteiger partial charge in [-0.25, -0.2) is 0 Å². The maximum absolute atomic E-state index is 5.86. The van der Waals surface area contributed by atoms with Crippen LogP contribution in [-0.4, -0.2) is 60.1 Å². The third-order valence-corrected chi connectivity index (χ3v) is 5.58. The number of likely N-dealkylation sites (N-methyl/N-ethyl adjacent to an activating group) is 1. The van der Waals surface area contributed by atoms with Crippen molar-refractivity contribution in [3.63, 3.8) is 0 Å². The number of fused-ring (bicyclic) bond motifs is 1. The lowest BCUT2D eigenvalue weighted by molar-refractivity contribution is 0.173. The molecule has 1 aliphatic heterocycles. The summed E-state index contributed by atoms with van der Waals surface area (Å²) in [7, 11) is 3.96. The fourth-order valence-electron chi connectivity index (χ4n) is 3.85. The van der Waals surface area contributed by atoms with E-state index in [9.17, 15) is 0 Å². The number of benzene rings is 1. The summed E-state index contributed by atoms with van der Waals surface area (Å²) in [5.74, 6) is 1.03. The van der Waals surface area contributed by atoms with Crippen molar-refractivity contribution in [3.05, 3.63) is 71.0 Å². The van der Waals surface area contributed by atoms with E-state index in [4.69, 9.17) is 4.74 Å². The molecule has 0 amide bonds. The molecule has 1 aromatic carbocycles. The Morgan fingerprint density at radius 1 is 1.07 bits per heavy atom. The van der Waals surface area contributed by atoms with Crippen molar-refractivity contribution in [1.29, 1.82) is 0 Å². The number of ether oxygens (including phenoxy) is 1. The van der Waals surface area contributed by atoms with E-state index < -0.39 is 0 Å². The molecule has 4 rings (SSSR count). The van der Waals surface area contributed by atoms with Crippen LogP contribution in [0.2, 0.25) is 0 Å². The third-order valence-electron chi connectivity index (χ3n) is 5.58. The molecule has 1 aromatic heterocycles. The Balaban J connectivity index is 0.00000256. The second-order valence-electron chi connectivity index (χ2n) is 7.77. The lowest BCUT2D eigenvalue weighted by Gasteiger charge is -2.37. The lowest BCUT2D eigenvalue weighted by Crippen LogP contribution is -2.45. The molecule has 29 heavy (non-hydrogen) atoms. The van der Waals surface area contributed by atoms with Gasteiger partial charge in [0.2, 0.25) is 0 Å². The number of piperazine rings is 1. The van der Waals surface area contributed by atoms with E-state index in [2.05, 4.69) is 63.3 Å². The van der Waals surface area contributed by atoms with Gasteiger partial charge in [0.15, 0.2) is 0 Å². The smallest absolute Gasteiger partial charge is 0.125 e. The quantitative estimate of drug-likeness (QED) is 0.841. The van der Waals surface area contributed by atoms with E-state index in [1.165, 1.54) is 16.8 Å². The summed E-state index contributed by atoms with van der Waals surface area (Å²) in [5, 5.41) is 3.66. The highest BCUT2D eigenvalue weighted by atomic mass is 16.5. The van der Waals surface area contributed by atoms with Crippen molar-refractivity contribution >= 4 is 11.0 Å². The van der Waals surface area contributed by atoms with Crippen LogP contribution in [0, 0.1) is 0 Å². The number of nitrogens with one attached hydrogen (secondary N) is 1. The molecule has 6 nitrogen and oxygen atoms in total. The molecule has 0 spiro atoms. The molecular weight excluding hydrogens is 362 g/mol. The highest BCUT2D eigenvalue weighted by Crippen LogP contribution is 2.28. The van der Waals surface area contributed by atoms with E-state index in [1.54, 1.807) is 19.5 Å². The Morgan fingerprint density at radius 3 is 2.59 bits per heavy atom. The van der Waals surface area contributed by atoms with Gasteiger partial charge in [-0.3, -0.25) is 9.97 Å². The van der Waals surface area contributed by atoms with Gasteiger partial charge in [-0.15, -0.1) is 0 Å². The van der Waals surface area contributed by atoms with Crippen LogP contribution in [0.15, 0.2) is 65.5 Å². The molecule has 0 saturated carbocycles. The molecule has 2 aliphatic rings. The van der Waals surface area contributed by atoms with Crippen molar-refractivity contribution < 1.29 is 6.16 Å². The minimum absolute atomic E-state index is 0. The summed E-state index contributed by atoms with van der Waals surface area (Å²) in [4.78, 5) is 13.6. The SMILES string of the molecule is COC1=C(N2CCN(C)CC2)C(NCc2ccc3nccnc3c2)=CC=C(C)C1.[HH]. The Labute approximate surface area is 174 Å². The van der Waals surface area contributed by atoms with Gasteiger partial charge in [0.05, 0.1) is 29.5 Å². The summed E-state index contributed by atoms with van der Waals surface area (Å²) >= 11 is 0. The Morgan fingerprint density at radius 2 is 1.83 bits per heavy atom. The summed E-state index contributed by atoms with van der Waals surface area (Å²) in [6.45, 7) is 7.00. The van der Waals surface area contributed by atoms with Crippen LogP contribution >= 0.6 is 0 Å². The second-order valence-corrected chi connectivity index (χ2v) is 7.77. The van der Waals surface area contributed by atoms with Crippen LogP contribution in [0.3, 0.4) is 0 Å². The van der Waals surface area contributed by atoms with Gasteiger partial charge < -0.3 is 19.9 Å². The first-order valence-corrected chi connectivity index (χ1v) is 10.2. The van der Waals surface area contributed by atoms with Gasteiger partial charge in [-0.2, -0.15) is 0 Å². The molecule has 1 aliphatic carbocycles. The fourth-order valence-corrected chi connectivity index (χ4v) is 3.85. The summed E-state index contributed by atoms with van der Waals surface area (Å²) in [5.41, 5.74) is 6.62. The van der Waals surface area contributed by atoms with Crippen LogP contribution < -0.4 is 5.32 Å². The average molecular weight is 394 g/mol. The third kappa shape index (κ3) is 4.43. The zero-order valence-electron chi connectivity index (χ0n) is 17.5. The first kappa shape index (κ1) is 19.5. The highest BCUT2D eigenvalue weighted by Gasteiger charge is 2.24.